The van der Waals surface area contributed by atoms with Crippen LogP contribution in [-0.4, -0.2) is 38.9 Å². The van der Waals surface area contributed by atoms with Crippen LogP contribution in [0, 0.1) is 6.92 Å². The molecule has 1 amide bonds. The van der Waals surface area contributed by atoms with Crippen LogP contribution in [0.4, 0.5) is 0 Å². The van der Waals surface area contributed by atoms with E-state index >= 15 is 0 Å². The van der Waals surface area contributed by atoms with Crippen LogP contribution in [-0.2, 0) is 21.4 Å². The first-order valence-electron chi connectivity index (χ1n) is 9.47. The van der Waals surface area contributed by atoms with Gasteiger partial charge in [0, 0.05) is 25.6 Å². The van der Waals surface area contributed by atoms with Crippen LogP contribution in [0.5, 0.6) is 5.75 Å². The number of hydrogen-bond donors (Lipinski definition) is 1. The predicted molar refractivity (Wildman–Crippen MR) is 113 cm³/mol. The summed E-state index contributed by atoms with van der Waals surface area (Å²) in [5.41, 5.74) is 1.87. The number of benzene rings is 2. The van der Waals surface area contributed by atoms with Crippen LogP contribution in [0.25, 0.3) is 0 Å². The highest BCUT2D eigenvalue weighted by Gasteiger charge is 2.27. The molecule has 3 rings (SSSR count). The number of ether oxygens (including phenoxy) is 1. The Morgan fingerprint density at radius 2 is 2.00 bits per heavy atom. The number of aryl methyl sites for hydroxylation is 1. The van der Waals surface area contributed by atoms with Gasteiger partial charge in [0.05, 0.1) is 12.1 Å². The summed E-state index contributed by atoms with van der Waals surface area (Å²) in [5, 5.41) is 0.196. The summed E-state index contributed by atoms with van der Waals surface area (Å²) in [4.78, 5) is 14.4. The average molecular weight is 437 g/mol. The number of methoxy groups -OCH3 is 1. The molecular weight excluding hydrogens is 412 g/mol. The minimum Gasteiger partial charge on any atom is -0.497 e. The highest BCUT2D eigenvalue weighted by atomic mass is 35.5. The van der Waals surface area contributed by atoms with Crippen molar-refractivity contribution in [1.82, 2.24) is 9.62 Å². The van der Waals surface area contributed by atoms with Crippen molar-refractivity contribution in [3.8, 4) is 5.75 Å². The fraction of sp³-hybridized carbons (Fsp3) is 0.381. The predicted octanol–water partition coefficient (Wildman–Crippen LogP) is 3.52. The van der Waals surface area contributed by atoms with Crippen molar-refractivity contribution in [1.29, 1.82) is 0 Å². The Hall–Kier alpha value is -2.09. The number of nitrogens with zero attached hydrogens (tertiary/aromatic N) is 1. The lowest BCUT2D eigenvalue weighted by Crippen LogP contribution is -2.36. The van der Waals surface area contributed by atoms with Gasteiger partial charge in [0.25, 0.3) is 0 Å². The Morgan fingerprint density at radius 1 is 1.21 bits per heavy atom. The number of amides is 1. The third-order valence-corrected chi connectivity index (χ3v) is 7.02. The summed E-state index contributed by atoms with van der Waals surface area (Å²) in [6, 6.07) is 12.1. The summed E-state index contributed by atoms with van der Waals surface area (Å²) in [7, 11) is -2.15. The van der Waals surface area contributed by atoms with E-state index in [0.29, 0.717) is 32.4 Å². The molecule has 8 heteroatoms. The third kappa shape index (κ3) is 5.50. The van der Waals surface area contributed by atoms with Gasteiger partial charge in [-0.05, 0) is 55.2 Å². The average Bonchev–Trinajstić information content (AvgIpc) is 2.83. The molecule has 1 atom stereocenters. The monoisotopic (exact) mass is 436 g/mol. The summed E-state index contributed by atoms with van der Waals surface area (Å²) >= 11 is 6.13. The van der Waals surface area contributed by atoms with Crippen LogP contribution in [0.3, 0.4) is 0 Å². The molecule has 1 N–H and O–H groups in total. The van der Waals surface area contributed by atoms with E-state index in [1.165, 1.54) is 6.07 Å². The molecule has 1 saturated heterocycles. The molecule has 0 saturated carbocycles. The number of likely N-dealkylation sites (tertiary alicyclic amines) is 1. The van der Waals surface area contributed by atoms with E-state index in [1.807, 2.05) is 31.2 Å². The Kier molecular flexibility index (Phi) is 6.82. The van der Waals surface area contributed by atoms with Gasteiger partial charge < -0.3 is 9.64 Å². The van der Waals surface area contributed by atoms with E-state index in [1.54, 1.807) is 24.1 Å². The van der Waals surface area contributed by atoms with E-state index in [0.717, 1.165) is 16.9 Å². The van der Waals surface area contributed by atoms with Gasteiger partial charge in [0.1, 0.15) is 10.6 Å². The highest BCUT2D eigenvalue weighted by molar-refractivity contribution is 7.89. The minimum absolute atomic E-state index is 0.0166. The van der Waals surface area contributed by atoms with Crippen LogP contribution in [0.15, 0.2) is 47.4 Å². The van der Waals surface area contributed by atoms with E-state index in [2.05, 4.69) is 4.72 Å². The molecule has 0 aliphatic carbocycles. The van der Waals surface area contributed by atoms with Crippen LogP contribution < -0.4 is 9.46 Å². The molecule has 2 aromatic rings. The molecule has 1 heterocycles. The number of halogens is 1. The number of rotatable bonds is 6. The van der Waals surface area contributed by atoms with Crippen molar-refractivity contribution in [2.75, 3.05) is 13.7 Å². The molecule has 0 radical (unpaired) electrons. The lowest BCUT2D eigenvalue weighted by Gasteiger charge is -2.21. The van der Waals surface area contributed by atoms with Gasteiger partial charge in [-0.2, -0.15) is 0 Å². The first-order chi connectivity index (χ1) is 13.8. The van der Waals surface area contributed by atoms with Gasteiger partial charge >= 0.3 is 0 Å². The normalized spacial score (nSPS) is 17.8. The Balaban J connectivity index is 1.67. The molecule has 29 heavy (non-hydrogen) atoms. The van der Waals surface area contributed by atoms with Crippen molar-refractivity contribution in [2.24, 2.45) is 0 Å². The molecule has 0 aromatic heterocycles. The lowest BCUT2D eigenvalue weighted by molar-refractivity contribution is -0.131. The van der Waals surface area contributed by atoms with Crippen molar-refractivity contribution in [2.45, 2.75) is 43.7 Å². The molecule has 0 spiro atoms. The Labute approximate surface area is 176 Å². The SMILES string of the molecule is COc1cccc(CN2CCC(NS(=O)(=O)c3ccc(C)cc3Cl)CCC2=O)c1. The first-order valence-corrected chi connectivity index (χ1v) is 11.3. The third-order valence-electron chi connectivity index (χ3n) is 5.01. The molecule has 0 bridgehead atoms. The maximum Gasteiger partial charge on any atom is 0.242 e. The van der Waals surface area contributed by atoms with E-state index in [9.17, 15) is 13.2 Å². The zero-order valence-electron chi connectivity index (χ0n) is 16.5. The molecular formula is C21H25ClN2O4S. The number of hydrogen-bond acceptors (Lipinski definition) is 4. The van der Waals surface area contributed by atoms with Crippen LogP contribution in [0.1, 0.15) is 30.4 Å². The lowest BCUT2D eigenvalue weighted by atomic mass is 10.1. The standard InChI is InChI=1S/C21H25ClN2O4S/c1-15-6-8-20(19(22)12-15)29(26,27)23-17-7-9-21(25)24(11-10-17)14-16-4-3-5-18(13-16)28-2/h3-6,8,12-13,17,23H,7,9-11,14H2,1-2H3. The smallest absolute Gasteiger partial charge is 0.242 e. The van der Waals surface area contributed by atoms with E-state index < -0.39 is 10.0 Å². The number of sulfonamides is 1. The molecule has 1 aliphatic rings. The van der Waals surface area contributed by atoms with Gasteiger partial charge in [-0.15, -0.1) is 0 Å². The van der Waals surface area contributed by atoms with Crippen molar-refractivity contribution >= 4 is 27.5 Å². The second-order valence-corrected chi connectivity index (χ2v) is 9.34. The summed E-state index contributed by atoms with van der Waals surface area (Å²) in [5.74, 6) is 0.758. The van der Waals surface area contributed by atoms with E-state index in [4.69, 9.17) is 16.3 Å². The van der Waals surface area contributed by atoms with Gasteiger partial charge in [-0.25, -0.2) is 13.1 Å². The topological polar surface area (TPSA) is 75.7 Å². The van der Waals surface area contributed by atoms with Gasteiger partial charge in [-0.3, -0.25) is 4.79 Å². The quantitative estimate of drug-likeness (QED) is 0.751. The number of carbonyl (C=O) groups is 1. The molecule has 1 fully saturated rings. The second-order valence-electron chi connectivity index (χ2n) is 7.25. The van der Waals surface area contributed by atoms with Crippen molar-refractivity contribution < 1.29 is 17.9 Å². The molecule has 1 unspecified atom stereocenters. The Bertz CT molecular complexity index is 994. The number of nitrogens with one attached hydrogen (secondary N) is 1. The largest absolute Gasteiger partial charge is 0.497 e. The molecule has 156 valence electrons. The highest BCUT2D eigenvalue weighted by Crippen LogP contribution is 2.24. The summed E-state index contributed by atoms with van der Waals surface area (Å²) < 4.78 is 33.5. The maximum atomic E-state index is 12.8. The maximum absolute atomic E-state index is 12.8. The fourth-order valence-electron chi connectivity index (χ4n) is 3.42. The van der Waals surface area contributed by atoms with Gasteiger partial charge in [-0.1, -0.05) is 29.8 Å². The Morgan fingerprint density at radius 3 is 2.72 bits per heavy atom. The molecule has 1 aliphatic heterocycles. The van der Waals surface area contributed by atoms with Crippen LogP contribution in [0.2, 0.25) is 5.02 Å². The zero-order valence-corrected chi connectivity index (χ0v) is 18.1. The van der Waals surface area contributed by atoms with Gasteiger partial charge in [0.2, 0.25) is 15.9 Å². The van der Waals surface area contributed by atoms with Gasteiger partial charge in [0.15, 0.2) is 0 Å². The second kappa shape index (κ2) is 9.15. The van der Waals surface area contributed by atoms with E-state index in [-0.39, 0.29) is 21.9 Å². The zero-order chi connectivity index (χ0) is 21.0. The fourth-order valence-corrected chi connectivity index (χ4v) is 5.32. The first kappa shape index (κ1) is 21.6. The van der Waals surface area contributed by atoms with Crippen LogP contribution >= 0.6 is 11.6 Å². The molecule has 2 aromatic carbocycles. The van der Waals surface area contributed by atoms with Crippen molar-refractivity contribution in [3.05, 3.63) is 58.6 Å². The summed E-state index contributed by atoms with van der Waals surface area (Å²) in [6.07, 6.45) is 1.29. The minimum atomic E-state index is -3.75. The molecule has 6 nitrogen and oxygen atoms in total. The summed E-state index contributed by atoms with van der Waals surface area (Å²) in [6.45, 7) is 2.80. The number of carbonyl (C=O) groups excluding carboxylic acids is 1. The van der Waals surface area contributed by atoms with Crippen molar-refractivity contribution in [3.63, 3.8) is 0 Å².